The van der Waals surface area contributed by atoms with Gasteiger partial charge < -0.3 is 15.3 Å². The van der Waals surface area contributed by atoms with Gasteiger partial charge in [0.2, 0.25) is 11.8 Å². The van der Waals surface area contributed by atoms with Gasteiger partial charge in [-0.2, -0.15) is 0 Å². The highest BCUT2D eigenvalue weighted by Gasteiger charge is 2.33. The van der Waals surface area contributed by atoms with Crippen LogP contribution in [0.15, 0.2) is 28.7 Å². The summed E-state index contributed by atoms with van der Waals surface area (Å²) in [6, 6.07) is 6.51. The summed E-state index contributed by atoms with van der Waals surface area (Å²) in [5.74, 6) is -1.78. The molecule has 0 bridgehead atoms. The molecule has 1 aliphatic heterocycles. The number of benzene rings is 1. The molecule has 2 rings (SSSR count). The highest BCUT2D eigenvalue weighted by molar-refractivity contribution is 9.10. The molecule has 0 saturated carbocycles. The summed E-state index contributed by atoms with van der Waals surface area (Å²) >= 11 is 3.32. The Morgan fingerprint density at radius 1 is 1.41 bits per heavy atom. The molecule has 1 aromatic carbocycles. The molecule has 2 N–H and O–H groups in total. The summed E-state index contributed by atoms with van der Waals surface area (Å²) in [4.78, 5) is 36.3. The number of hydrogen-bond acceptors (Lipinski definition) is 3. The number of nitrogens with zero attached hydrogens (tertiary/aromatic N) is 1. The van der Waals surface area contributed by atoms with Gasteiger partial charge in [-0.3, -0.25) is 14.4 Å². The van der Waals surface area contributed by atoms with Gasteiger partial charge in [0.05, 0.1) is 18.4 Å². The molecule has 0 radical (unpaired) electrons. The second-order valence-electron chi connectivity index (χ2n) is 5.39. The molecule has 1 aromatic rings. The van der Waals surface area contributed by atoms with E-state index in [4.69, 9.17) is 5.11 Å². The molecule has 0 aromatic heterocycles. The van der Waals surface area contributed by atoms with Crippen LogP contribution in [-0.4, -0.2) is 41.4 Å². The van der Waals surface area contributed by atoms with E-state index in [2.05, 4.69) is 21.2 Å². The van der Waals surface area contributed by atoms with Crippen LogP contribution in [-0.2, 0) is 14.4 Å². The van der Waals surface area contributed by atoms with E-state index in [1.165, 1.54) is 4.90 Å². The normalized spacial score (nSPS) is 19.1. The Morgan fingerprint density at radius 3 is 2.55 bits per heavy atom. The lowest BCUT2D eigenvalue weighted by atomic mass is 10.0. The molecular formula is C15H17BrN2O4. The zero-order chi connectivity index (χ0) is 16.3. The maximum Gasteiger partial charge on any atom is 0.305 e. The SMILES string of the molecule is CN1C[C@@H](C(=O)N[C@H](CC(=O)O)c2ccc(Br)cc2)CC1=O. The van der Waals surface area contributed by atoms with Crippen LogP contribution in [0, 0.1) is 5.92 Å². The molecule has 1 heterocycles. The number of halogens is 1. The lowest BCUT2D eigenvalue weighted by Gasteiger charge is -2.20. The first kappa shape index (κ1) is 16.5. The van der Waals surface area contributed by atoms with Gasteiger partial charge in [-0.05, 0) is 17.7 Å². The van der Waals surface area contributed by atoms with E-state index in [9.17, 15) is 14.4 Å². The molecule has 2 amide bonds. The molecule has 2 atom stereocenters. The van der Waals surface area contributed by atoms with E-state index in [0.29, 0.717) is 6.54 Å². The van der Waals surface area contributed by atoms with Gasteiger partial charge in [-0.15, -0.1) is 0 Å². The Hall–Kier alpha value is -1.89. The predicted octanol–water partition coefficient (Wildman–Crippen LogP) is 1.56. The second kappa shape index (κ2) is 6.91. The van der Waals surface area contributed by atoms with E-state index in [-0.39, 0.29) is 24.7 Å². The molecule has 0 unspecified atom stereocenters. The monoisotopic (exact) mass is 368 g/mol. The minimum Gasteiger partial charge on any atom is -0.481 e. The summed E-state index contributed by atoms with van der Waals surface area (Å²) in [5.41, 5.74) is 0.719. The fourth-order valence-electron chi connectivity index (χ4n) is 2.45. The molecule has 1 fully saturated rings. The summed E-state index contributed by atoms with van der Waals surface area (Å²) in [6.07, 6.45) is -0.0354. The third-order valence-electron chi connectivity index (χ3n) is 3.68. The molecule has 1 aliphatic rings. The van der Waals surface area contributed by atoms with E-state index >= 15 is 0 Å². The van der Waals surface area contributed by atoms with Crippen LogP contribution in [0.5, 0.6) is 0 Å². The third-order valence-corrected chi connectivity index (χ3v) is 4.21. The van der Waals surface area contributed by atoms with Crippen LogP contribution in [0.3, 0.4) is 0 Å². The van der Waals surface area contributed by atoms with Crippen LogP contribution in [0.4, 0.5) is 0 Å². The Balaban J connectivity index is 2.09. The zero-order valence-electron chi connectivity index (χ0n) is 12.1. The summed E-state index contributed by atoms with van der Waals surface area (Å²) in [7, 11) is 1.65. The van der Waals surface area contributed by atoms with E-state index in [1.807, 2.05) is 0 Å². The van der Waals surface area contributed by atoms with Crippen molar-refractivity contribution in [2.24, 2.45) is 5.92 Å². The van der Waals surface area contributed by atoms with Crippen LogP contribution in [0.25, 0.3) is 0 Å². The van der Waals surface area contributed by atoms with Crippen molar-refractivity contribution in [3.63, 3.8) is 0 Å². The molecule has 7 heteroatoms. The van der Waals surface area contributed by atoms with Crippen LogP contribution < -0.4 is 5.32 Å². The fourth-order valence-corrected chi connectivity index (χ4v) is 2.72. The van der Waals surface area contributed by atoms with Gasteiger partial charge in [0.25, 0.3) is 0 Å². The van der Waals surface area contributed by atoms with Gasteiger partial charge in [0, 0.05) is 24.5 Å². The molecule has 22 heavy (non-hydrogen) atoms. The first-order valence-electron chi connectivity index (χ1n) is 6.88. The zero-order valence-corrected chi connectivity index (χ0v) is 13.7. The van der Waals surface area contributed by atoms with E-state index < -0.39 is 17.9 Å². The number of carboxylic acids is 1. The highest BCUT2D eigenvalue weighted by Crippen LogP contribution is 2.22. The molecule has 0 aliphatic carbocycles. The fraction of sp³-hybridized carbons (Fsp3) is 0.400. The van der Waals surface area contributed by atoms with Gasteiger partial charge in [0.1, 0.15) is 0 Å². The maximum atomic E-state index is 12.3. The number of likely N-dealkylation sites (tertiary alicyclic amines) is 1. The van der Waals surface area contributed by atoms with Crippen molar-refractivity contribution in [3.05, 3.63) is 34.3 Å². The standard InChI is InChI=1S/C15H17BrN2O4/c1-18-8-10(6-13(18)19)15(22)17-12(7-14(20)21)9-2-4-11(16)5-3-9/h2-5,10,12H,6-8H2,1H3,(H,17,22)(H,20,21)/t10-,12+/m0/s1. The summed E-state index contributed by atoms with van der Waals surface area (Å²) in [5, 5.41) is 11.8. The second-order valence-corrected chi connectivity index (χ2v) is 6.30. The lowest BCUT2D eigenvalue weighted by Crippen LogP contribution is -2.36. The maximum absolute atomic E-state index is 12.3. The largest absolute Gasteiger partial charge is 0.481 e. The van der Waals surface area contributed by atoms with Crippen molar-refractivity contribution >= 4 is 33.7 Å². The Morgan fingerprint density at radius 2 is 2.05 bits per heavy atom. The Bertz CT molecular complexity index is 588. The number of nitrogens with one attached hydrogen (secondary N) is 1. The van der Waals surface area contributed by atoms with Crippen LogP contribution in [0.1, 0.15) is 24.4 Å². The molecule has 0 spiro atoms. The van der Waals surface area contributed by atoms with Gasteiger partial charge >= 0.3 is 5.97 Å². The van der Waals surface area contributed by atoms with Crippen molar-refractivity contribution in [2.75, 3.05) is 13.6 Å². The quantitative estimate of drug-likeness (QED) is 0.825. The van der Waals surface area contributed by atoms with Crippen molar-refractivity contribution in [2.45, 2.75) is 18.9 Å². The smallest absolute Gasteiger partial charge is 0.305 e. The van der Waals surface area contributed by atoms with Crippen molar-refractivity contribution in [1.29, 1.82) is 0 Å². The average Bonchev–Trinajstić information content (AvgIpc) is 2.78. The topological polar surface area (TPSA) is 86.7 Å². The average molecular weight is 369 g/mol. The van der Waals surface area contributed by atoms with Crippen molar-refractivity contribution < 1.29 is 19.5 Å². The predicted molar refractivity (Wildman–Crippen MR) is 83.0 cm³/mol. The van der Waals surface area contributed by atoms with Crippen molar-refractivity contribution in [1.82, 2.24) is 10.2 Å². The minimum atomic E-state index is -0.993. The van der Waals surface area contributed by atoms with Gasteiger partial charge in [0.15, 0.2) is 0 Å². The number of rotatable bonds is 5. The number of aliphatic carboxylic acids is 1. The minimum absolute atomic E-state index is 0.0708. The first-order chi connectivity index (χ1) is 10.4. The number of hydrogen-bond donors (Lipinski definition) is 2. The lowest BCUT2D eigenvalue weighted by molar-refractivity contribution is -0.138. The van der Waals surface area contributed by atoms with Crippen LogP contribution >= 0.6 is 15.9 Å². The number of amides is 2. The Kier molecular flexibility index (Phi) is 5.18. The number of carboxylic acid groups (broad SMARTS) is 1. The van der Waals surface area contributed by atoms with E-state index in [1.54, 1.807) is 31.3 Å². The number of carbonyl (C=O) groups is 3. The van der Waals surface area contributed by atoms with E-state index in [0.717, 1.165) is 10.0 Å². The first-order valence-corrected chi connectivity index (χ1v) is 7.67. The molecule has 1 saturated heterocycles. The number of carbonyl (C=O) groups excluding carboxylic acids is 2. The molecule has 6 nitrogen and oxygen atoms in total. The summed E-state index contributed by atoms with van der Waals surface area (Å²) < 4.78 is 0.875. The molecular weight excluding hydrogens is 352 g/mol. The molecule has 118 valence electrons. The van der Waals surface area contributed by atoms with Gasteiger partial charge in [-0.25, -0.2) is 0 Å². The van der Waals surface area contributed by atoms with Crippen LogP contribution in [0.2, 0.25) is 0 Å². The van der Waals surface area contributed by atoms with Gasteiger partial charge in [-0.1, -0.05) is 28.1 Å². The third kappa shape index (κ3) is 4.07. The van der Waals surface area contributed by atoms with Crippen molar-refractivity contribution in [3.8, 4) is 0 Å². The Labute approximate surface area is 136 Å². The highest BCUT2D eigenvalue weighted by atomic mass is 79.9. The summed E-state index contributed by atoms with van der Waals surface area (Å²) in [6.45, 7) is 0.366.